The highest BCUT2D eigenvalue weighted by Gasteiger charge is 2.33. The molecule has 0 unspecified atom stereocenters. The summed E-state index contributed by atoms with van der Waals surface area (Å²) in [7, 11) is 0. The number of Topliss-reactive ketones (excluding diaryl/α,β-unsaturated/α-hetero) is 1. The Hall–Kier alpha value is -0.870. The van der Waals surface area contributed by atoms with Crippen LogP contribution in [0.25, 0.3) is 0 Å². The summed E-state index contributed by atoms with van der Waals surface area (Å²) in [5.74, 6) is -1.28. The molecule has 1 aliphatic rings. The van der Waals surface area contributed by atoms with Crippen molar-refractivity contribution in [2.24, 2.45) is 0 Å². The fraction of sp³-hybridized carbons (Fsp3) is 0. The van der Waals surface area contributed by atoms with Gasteiger partial charge in [0.05, 0.1) is 15.1 Å². The first-order valence-electron chi connectivity index (χ1n) is 3.36. The van der Waals surface area contributed by atoms with Gasteiger partial charge in [-0.05, 0) is 28.1 Å². The topological polar surface area (TPSA) is 43.4 Å². The largest absolute Gasteiger partial charge is 0.418 e. The summed E-state index contributed by atoms with van der Waals surface area (Å²) < 4.78 is 5.15. The van der Waals surface area contributed by atoms with E-state index in [4.69, 9.17) is 16.3 Å². The van der Waals surface area contributed by atoms with E-state index >= 15 is 0 Å². The second-order valence-electron chi connectivity index (χ2n) is 2.46. The van der Waals surface area contributed by atoms with Crippen LogP contribution in [0.4, 0.5) is 0 Å². The zero-order valence-corrected chi connectivity index (χ0v) is 8.48. The maximum atomic E-state index is 11.1. The molecule has 0 atom stereocenters. The van der Waals surface area contributed by atoms with E-state index in [1.165, 1.54) is 12.1 Å². The summed E-state index contributed by atoms with van der Waals surface area (Å²) >= 11 is 8.86. The van der Waals surface area contributed by atoms with Crippen LogP contribution in [0.15, 0.2) is 16.6 Å². The van der Waals surface area contributed by atoms with Crippen molar-refractivity contribution in [2.75, 3.05) is 0 Å². The van der Waals surface area contributed by atoms with Gasteiger partial charge in [-0.2, -0.15) is 0 Å². The number of ether oxygens (including phenoxy) is 1. The van der Waals surface area contributed by atoms with Gasteiger partial charge in [-0.3, -0.25) is 4.79 Å². The predicted octanol–water partition coefficient (Wildman–Crippen LogP) is 2.20. The van der Waals surface area contributed by atoms with Gasteiger partial charge in [-0.15, -0.1) is 0 Å². The van der Waals surface area contributed by atoms with Gasteiger partial charge >= 0.3 is 5.97 Å². The number of esters is 1. The highest BCUT2D eigenvalue weighted by atomic mass is 79.9. The first-order chi connectivity index (χ1) is 6.11. The van der Waals surface area contributed by atoms with E-state index < -0.39 is 11.8 Å². The van der Waals surface area contributed by atoms with Gasteiger partial charge in [0, 0.05) is 0 Å². The van der Waals surface area contributed by atoms with Crippen LogP contribution in [-0.4, -0.2) is 11.8 Å². The standard InChI is InChI=1S/C8H2BrClO3/c9-5-4(10)2-1-3-6(11)8(12)13-7(3)5/h1-2H. The minimum absolute atomic E-state index is 0.211. The van der Waals surface area contributed by atoms with Crippen LogP contribution in [0, 0.1) is 0 Å². The lowest BCUT2D eigenvalue weighted by atomic mass is 10.1. The lowest BCUT2D eigenvalue weighted by molar-refractivity contribution is -0.128. The van der Waals surface area contributed by atoms with Crippen LogP contribution >= 0.6 is 27.5 Å². The number of hydrogen-bond donors (Lipinski definition) is 0. The van der Waals surface area contributed by atoms with E-state index in [-0.39, 0.29) is 11.3 Å². The molecule has 0 saturated heterocycles. The van der Waals surface area contributed by atoms with E-state index in [0.717, 1.165) is 0 Å². The predicted molar refractivity (Wildman–Crippen MR) is 49.1 cm³/mol. The molecule has 5 heteroatoms. The number of carbonyl (C=O) groups is 2. The van der Waals surface area contributed by atoms with Crippen LogP contribution in [0.2, 0.25) is 5.02 Å². The van der Waals surface area contributed by atoms with Crippen molar-refractivity contribution >= 4 is 39.3 Å². The second kappa shape index (κ2) is 2.82. The van der Waals surface area contributed by atoms with Crippen molar-refractivity contribution in [2.45, 2.75) is 0 Å². The van der Waals surface area contributed by atoms with Crippen molar-refractivity contribution < 1.29 is 14.3 Å². The van der Waals surface area contributed by atoms with Gasteiger partial charge in [0.2, 0.25) is 0 Å². The molecule has 66 valence electrons. The van der Waals surface area contributed by atoms with Gasteiger partial charge in [-0.1, -0.05) is 11.6 Å². The molecule has 3 nitrogen and oxygen atoms in total. The molecule has 0 radical (unpaired) electrons. The van der Waals surface area contributed by atoms with Gasteiger partial charge < -0.3 is 4.74 Å². The number of benzene rings is 1. The Bertz CT molecular complexity index is 428. The van der Waals surface area contributed by atoms with Crippen LogP contribution in [0.1, 0.15) is 10.4 Å². The van der Waals surface area contributed by atoms with Gasteiger partial charge in [0.25, 0.3) is 5.78 Å². The number of fused-ring (bicyclic) bond motifs is 1. The number of ketones is 1. The molecule has 0 spiro atoms. The monoisotopic (exact) mass is 260 g/mol. The highest BCUT2D eigenvalue weighted by molar-refractivity contribution is 9.10. The Morgan fingerprint density at radius 3 is 2.69 bits per heavy atom. The maximum absolute atomic E-state index is 11.1. The summed E-state index contributed by atoms with van der Waals surface area (Å²) in [6, 6.07) is 3.00. The molecule has 0 amide bonds. The minimum Gasteiger partial charge on any atom is -0.418 e. The average Bonchev–Trinajstić information content (AvgIpc) is 2.38. The quantitative estimate of drug-likeness (QED) is 0.408. The van der Waals surface area contributed by atoms with Crippen molar-refractivity contribution in [1.82, 2.24) is 0 Å². The summed E-state index contributed by atoms with van der Waals surface area (Å²) in [5.41, 5.74) is 0.251. The number of carbonyl (C=O) groups excluding carboxylic acids is 2. The third-order valence-corrected chi connectivity index (χ3v) is 3.01. The Morgan fingerprint density at radius 1 is 1.31 bits per heavy atom. The Balaban J connectivity index is 2.70. The summed E-state index contributed by atoms with van der Waals surface area (Å²) in [4.78, 5) is 22.0. The SMILES string of the molecule is O=C1Oc2c(ccc(Cl)c2Br)C1=O. The minimum atomic E-state index is -0.863. The molecule has 2 rings (SSSR count). The van der Waals surface area contributed by atoms with Crippen molar-refractivity contribution in [3.63, 3.8) is 0 Å². The molecular weight excluding hydrogens is 259 g/mol. The maximum Gasteiger partial charge on any atom is 0.385 e. The Morgan fingerprint density at radius 2 is 2.00 bits per heavy atom. The van der Waals surface area contributed by atoms with E-state index in [1.54, 1.807) is 0 Å². The Kier molecular flexibility index (Phi) is 1.89. The van der Waals surface area contributed by atoms with Crippen molar-refractivity contribution in [3.8, 4) is 5.75 Å². The van der Waals surface area contributed by atoms with E-state index in [0.29, 0.717) is 9.50 Å². The number of halogens is 2. The molecule has 0 bridgehead atoms. The zero-order valence-electron chi connectivity index (χ0n) is 6.14. The normalized spacial score (nSPS) is 14.3. The molecule has 1 heterocycles. The van der Waals surface area contributed by atoms with E-state index in [2.05, 4.69) is 15.9 Å². The molecule has 0 fully saturated rings. The summed E-state index contributed by atoms with van der Waals surface area (Å²) in [5, 5.41) is 0.404. The first kappa shape index (κ1) is 8.72. The second-order valence-corrected chi connectivity index (χ2v) is 3.66. The molecule has 1 aliphatic heterocycles. The zero-order chi connectivity index (χ0) is 9.59. The molecule has 1 aromatic rings. The molecule has 1 aromatic carbocycles. The van der Waals surface area contributed by atoms with Crippen molar-refractivity contribution in [3.05, 3.63) is 27.2 Å². The average molecular weight is 261 g/mol. The van der Waals surface area contributed by atoms with Crippen LogP contribution in [0.3, 0.4) is 0 Å². The fourth-order valence-electron chi connectivity index (χ4n) is 1.06. The third kappa shape index (κ3) is 1.17. The lowest BCUT2D eigenvalue weighted by Gasteiger charge is -1.99. The first-order valence-corrected chi connectivity index (χ1v) is 4.53. The third-order valence-electron chi connectivity index (χ3n) is 1.67. The molecule has 0 aromatic heterocycles. The smallest absolute Gasteiger partial charge is 0.385 e. The van der Waals surface area contributed by atoms with Gasteiger partial charge in [-0.25, -0.2) is 4.79 Å². The van der Waals surface area contributed by atoms with Crippen LogP contribution < -0.4 is 4.74 Å². The molecule has 13 heavy (non-hydrogen) atoms. The summed E-state index contributed by atoms with van der Waals surface area (Å²) in [6.07, 6.45) is 0. The van der Waals surface area contributed by atoms with E-state index in [9.17, 15) is 9.59 Å². The molecule has 0 saturated carbocycles. The van der Waals surface area contributed by atoms with Crippen LogP contribution in [0.5, 0.6) is 5.75 Å². The number of hydrogen-bond acceptors (Lipinski definition) is 3. The lowest BCUT2D eigenvalue weighted by Crippen LogP contribution is -2.10. The molecule has 0 N–H and O–H groups in total. The van der Waals surface area contributed by atoms with Crippen LogP contribution in [-0.2, 0) is 4.79 Å². The van der Waals surface area contributed by atoms with Gasteiger partial charge in [0.1, 0.15) is 0 Å². The highest BCUT2D eigenvalue weighted by Crippen LogP contribution is 2.38. The number of rotatable bonds is 0. The molecular formula is C8H2BrClO3. The molecule has 0 aliphatic carbocycles. The fourth-order valence-corrected chi connectivity index (χ4v) is 1.64. The van der Waals surface area contributed by atoms with Gasteiger partial charge in [0.15, 0.2) is 5.75 Å². The van der Waals surface area contributed by atoms with Crippen molar-refractivity contribution in [1.29, 1.82) is 0 Å². The Labute approximate surface area is 86.8 Å². The van der Waals surface area contributed by atoms with E-state index in [1.807, 2.05) is 0 Å². The summed E-state index contributed by atoms with van der Waals surface area (Å²) in [6.45, 7) is 0.